The summed E-state index contributed by atoms with van der Waals surface area (Å²) in [6.07, 6.45) is 11.0. The maximum atomic E-state index is 8.92. The Labute approximate surface area is 162 Å². The van der Waals surface area contributed by atoms with E-state index in [4.69, 9.17) is 25.4 Å². The predicted molar refractivity (Wildman–Crippen MR) is 111 cm³/mol. The molecule has 0 amide bonds. The summed E-state index contributed by atoms with van der Waals surface area (Å²) in [6, 6.07) is 5.70. The second-order valence-electron chi connectivity index (χ2n) is 6.23. The quantitative estimate of drug-likeness (QED) is 0.576. The predicted octanol–water partition coefficient (Wildman–Crippen LogP) is 3.46. The zero-order valence-corrected chi connectivity index (χ0v) is 16.6. The van der Waals surface area contributed by atoms with E-state index in [2.05, 4.69) is 0 Å². The van der Waals surface area contributed by atoms with Crippen molar-refractivity contribution in [2.75, 3.05) is 26.4 Å². The van der Waals surface area contributed by atoms with Crippen LogP contribution in [-0.4, -0.2) is 42.2 Å². The van der Waals surface area contributed by atoms with E-state index in [1.54, 1.807) is 0 Å². The van der Waals surface area contributed by atoms with Gasteiger partial charge in [0, 0.05) is 32.1 Å². The fourth-order valence-corrected chi connectivity index (χ4v) is 2.45. The lowest BCUT2D eigenvalue weighted by Crippen LogP contribution is -2.30. The van der Waals surface area contributed by atoms with Crippen molar-refractivity contribution >= 4 is 5.57 Å². The van der Waals surface area contributed by atoms with Crippen LogP contribution in [0.1, 0.15) is 39.2 Å². The summed E-state index contributed by atoms with van der Waals surface area (Å²) >= 11 is 0. The molecule has 5 heteroatoms. The summed E-state index contributed by atoms with van der Waals surface area (Å²) in [5.41, 5.74) is 7.64. The molecule has 0 bridgehead atoms. The molecule has 0 spiro atoms. The fraction of sp³-hybridized carbons (Fsp3) is 0.455. The van der Waals surface area contributed by atoms with Gasteiger partial charge in [0.05, 0.1) is 18.8 Å². The number of nitrogens with two attached hydrogens (primary N) is 1. The highest BCUT2D eigenvalue weighted by Gasteiger charge is 2.15. The van der Waals surface area contributed by atoms with Gasteiger partial charge in [-0.3, -0.25) is 0 Å². The standard InChI is InChI=1S/C20H27NO4.C2H6/c1-20(21)7-3-2-6-16(15-20)17-12-18(24-10-4-8-22)14-19(13-17)25-11-5-9-23;1-2/h2-3,6-7,12-15,22-23H,4-5,8-11,21H2,1H3;1-2H3. The molecule has 27 heavy (non-hydrogen) atoms. The number of rotatable bonds is 9. The fourth-order valence-electron chi connectivity index (χ4n) is 2.45. The van der Waals surface area contributed by atoms with E-state index in [9.17, 15) is 0 Å². The van der Waals surface area contributed by atoms with Crippen molar-refractivity contribution in [2.45, 2.75) is 39.2 Å². The number of benzene rings is 1. The third kappa shape index (κ3) is 8.43. The number of ether oxygens (including phenoxy) is 2. The Morgan fingerprint density at radius 3 is 2.00 bits per heavy atom. The molecule has 0 aromatic heterocycles. The topological polar surface area (TPSA) is 84.9 Å². The third-order valence-corrected chi connectivity index (χ3v) is 3.66. The molecule has 0 saturated carbocycles. The largest absolute Gasteiger partial charge is 0.493 e. The number of aliphatic hydroxyl groups is 2. The molecule has 1 atom stereocenters. The Balaban J connectivity index is 0.00000176. The van der Waals surface area contributed by atoms with E-state index < -0.39 is 5.54 Å². The van der Waals surface area contributed by atoms with Crippen molar-refractivity contribution in [3.05, 3.63) is 54.1 Å². The minimum atomic E-state index is -0.537. The van der Waals surface area contributed by atoms with E-state index in [1.165, 1.54) is 0 Å². The van der Waals surface area contributed by atoms with Crippen molar-refractivity contribution in [3.63, 3.8) is 0 Å². The van der Waals surface area contributed by atoms with Crippen LogP contribution in [0.5, 0.6) is 11.5 Å². The maximum Gasteiger partial charge on any atom is 0.123 e. The molecule has 5 nitrogen and oxygen atoms in total. The van der Waals surface area contributed by atoms with Gasteiger partial charge in [-0.1, -0.05) is 44.2 Å². The van der Waals surface area contributed by atoms with Crippen LogP contribution < -0.4 is 15.2 Å². The Hall–Kier alpha value is -2.08. The van der Waals surface area contributed by atoms with Gasteiger partial charge >= 0.3 is 0 Å². The van der Waals surface area contributed by atoms with Crippen molar-refractivity contribution in [3.8, 4) is 11.5 Å². The first-order chi connectivity index (χ1) is 13.0. The molecular formula is C22H33NO4. The highest BCUT2D eigenvalue weighted by atomic mass is 16.5. The van der Waals surface area contributed by atoms with Crippen LogP contribution >= 0.6 is 0 Å². The van der Waals surface area contributed by atoms with Crippen LogP contribution in [0.4, 0.5) is 0 Å². The first-order valence-corrected chi connectivity index (χ1v) is 9.54. The molecule has 1 aromatic rings. The monoisotopic (exact) mass is 375 g/mol. The maximum absolute atomic E-state index is 8.92. The highest BCUT2D eigenvalue weighted by molar-refractivity contribution is 5.77. The van der Waals surface area contributed by atoms with Crippen LogP contribution in [0.2, 0.25) is 0 Å². The highest BCUT2D eigenvalue weighted by Crippen LogP contribution is 2.30. The van der Waals surface area contributed by atoms with Gasteiger partial charge in [-0.25, -0.2) is 0 Å². The summed E-state index contributed by atoms with van der Waals surface area (Å²) in [4.78, 5) is 0. The zero-order chi connectivity index (χ0) is 20.1. The molecule has 0 radical (unpaired) electrons. The number of aliphatic hydroxyl groups excluding tert-OH is 2. The van der Waals surface area contributed by atoms with E-state index in [0.29, 0.717) is 37.6 Å². The van der Waals surface area contributed by atoms with Crippen LogP contribution in [-0.2, 0) is 0 Å². The lowest BCUT2D eigenvalue weighted by molar-refractivity contribution is 0.228. The molecule has 4 N–H and O–H groups in total. The van der Waals surface area contributed by atoms with Crippen LogP contribution in [0, 0.1) is 0 Å². The molecule has 1 aliphatic carbocycles. The molecule has 2 rings (SSSR count). The van der Waals surface area contributed by atoms with Crippen molar-refractivity contribution < 1.29 is 19.7 Å². The Bertz CT molecular complexity index is 619. The first kappa shape index (κ1) is 23.0. The summed E-state index contributed by atoms with van der Waals surface area (Å²) in [5, 5.41) is 17.8. The Kier molecular flexibility index (Phi) is 10.5. The van der Waals surface area contributed by atoms with Gasteiger partial charge in [-0.15, -0.1) is 0 Å². The summed E-state index contributed by atoms with van der Waals surface area (Å²) in [5.74, 6) is 1.35. The van der Waals surface area contributed by atoms with Gasteiger partial charge in [-0.2, -0.15) is 0 Å². The summed E-state index contributed by atoms with van der Waals surface area (Å²) in [6.45, 7) is 6.98. The molecule has 0 aliphatic heterocycles. The van der Waals surface area contributed by atoms with Gasteiger partial charge in [0.2, 0.25) is 0 Å². The van der Waals surface area contributed by atoms with Gasteiger partial charge in [-0.05, 0) is 30.2 Å². The van der Waals surface area contributed by atoms with Crippen LogP contribution in [0.3, 0.4) is 0 Å². The number of hydrogen-bond donors (Lipinski definition) is 3. The number of allylic oxidation sites excluding steroid dienone is 4. The van der Waals surface area contributed by atoms with E-state index >= 15 is 0 Å². The van der Waals surface area contributed by atoms with Gasteiger partial charge in [0.25, 0.3) is 0 Å². The average Bonchev–Trinajstić information content (AvgIpc) is 2.84. The third-order valence-electron chi connectivity index (χ3n) is 3.66. The molecule has 1 aliphatic rings. The van der Waals surface area contributed by atoms with Crippen LogP contribution in [0.15, 0.2) is 48.6 Å². The lowest BCUT2D eigenvalue weighted by atomic mass is 9.96. The molecule has 0 heterocycles. The molecular weight excluding hydrogens is 342 g/mol. The van der Waals surface area contributed by atoms with Gasteiger partial charge < -0.3 is 25.4 Å². The van der Waals surface area contributed by atoms with Crippen molar-refractivity contribution in [1.29, 1.82) is 0 Å². The lowest BCUT2D eigenvalue weighted by Gasteiger charge is -2.17. The van der Waals surface area contributed by atoms with Crippen molar-refractivity contribution in [2.24, 2.45) is 5.73 Å². The van der Waals surface area contributed by atoms with Gasteiger partial charge in [0.15, 0.2) is 0 Å². The summed E-state index contributed by atoms with van der Waals surface area (Å²) in [7, 11) is 0. The number of hydrogen-bond acceptors (Lipinski definition) is 5. The second kappa shape index (κ2) is 12.3. The molecule has 150 valence electrons. The second-order valence-corrected chi connectivity index (χ2v) is 6.23. The zero-order valence-electron chi connectivity index (χ0n) is 16.6. The van der Waals surface area contributed by atoms with E-state index in [1.807, 2.05) is 69.4 Å². The minimum Gasteiger partial charge on any atom is -0.493 e. The smallest absolute Gasteiger partial charge is 0.123 e. The Morgan fingerprint density at radius 1 is 0.926 bits per heavy atom. The first-order valence-electron chi connectivity index (χ1n) is 9.54. The summed E-state index contributed by atoms with van der Waals surface area (Å²) < 4.78 is 11.4. The SMILES string of the molecule is CC.CC1(N)C=CC=CC(c2cc(OCCCO)cc(OCCCO)c2)=C1. The van der Waals surface area contributed by atoms with Gasteiger partial charge in [0.1, 0.15) is 11.5 Å². The average molecular weight is 376 g/mol. The van der Waals surface area contributed by atoms with Crippen LogP contribution in [0.25, 0.3) is 5.57 Å². The molecule has 0 saturated heterocycles. The molecule has 1 aromatic carbocycles. The molecule has 0 fully saturated rings. The van der Waals surface area contributed by atoms with E-state index in [0.717, 1.165) is 11.1 Å². The van der Waals surface area contributed by atoms with Crippen molar-refractivity contribution in [1.82, 2.24) is 0 Å². The Morgan fingerprint density at radius 2 is 1.48 bits per heavy atom. The van der Waals surface area contributed by atoms with E-state index in [-0.39, 0.29) is 13.2 Å². The normalized spacial score (nSPS) is 18.2. The molecule has 1 unspecified atom stereocenters. The minimum absolute atomic E-state index is 0.0879.